The molecule has 0 amide bonds. The van der Waals surface area contributed by atoms with Crippen LogP contribution >= 0.6 is 0 Å². The zero-order valence-electron chi connectivity index (χ0n) is 12.3. The fourth-order valence-corrected chi connectivity index (χ4v) is 1.87. The van der Waals surface area contributed by atoms with E-state index in [1.807, 2.05) is 0 Å². The maximum Gasteiger partial charge on any atom is 0.339 e. The smallest absolute Gasteiger partial charge is 0.339 e. The number of aromatic carboxylic acids is 1. The Morgan fingerprint density at radius 2 is 1.46 bits per heavy atom. The lowest BCUT2D eigenvalue weighted by atomic mass is 10.1. The zero-order chi connectivity index (χ0) is 17.5. The number of carbonyl (C=O) groups excluding carboxylic acids is 3. The van der Waals surface area contributed by atoms with E-state index < -0.39 is 11.9 Å². The van der Waals surface area contributed by atoms with Crippen LogP contribution < -0.4 is 4.74 Å². The van der Waals surface area contributed by atoms with Gasteiger partial charge in [-0.25, -0.2) is 9.59 Å². The van der Waals surface area contributed by atoms with Gasteiger partial charge in [-0.05, 0) is 29.8 Å². The van der Waals surface area contributed by atoms with Gasteiger partial charge in [0.25, 0.3) is 0 Å². The Kier molecular flexibility index (Phi) is 5.36. The van der Waals surface area contributed by atoms with Crippen molar-refractivity contribution in [3.8, 4) is 5.75 Å². The molecule has 0 saturated heterocycles. The number of rotatable bonds is 6. The molecule has 0 atom stereocenters. The van der Waals surface area contributed by atoms with Crippen LogP contribution in [0.15, 0.2) is 48.5 Å². The predicted molar refractivity (Wildman–Crippen MR) is 85.3 cm³/mol. The van der Waals surface area contributed by atoms with E-state index in [4.69, 9.17) is 9.84 Å². The summed E-state index contributed by atoms with van der Waals surface area (Å²) in [6.07, 6.45) is 3.81. The summed E-state index contributed by atoms with van der Waals surface area (Å²) in [5, 5.41) is 9.10. The molecule has 0 unspecified atom stereocenters. The van der Waals surface area contributed by atoms with Crippen molar-refractivity contribution in [1.29, 1.82) is 0 Å². The van der Waals surface area contributed by atoms with Crippen LogP contribution in [0.25, 0.3) is 6.08 Å². The molecule has 120 valence electrons. The molecule has 0 saturated carbocycles. The lowest BCUT2D eigenvalue weighted by Crippen LogP contribution is -2.09. The van der Waals surface area contributed by atoms with E-state index in [0.717, 1.165) is 12.1 Å². The molecule has 0 aliphatic carbocycles. The number of esters is 1. The monoisotopic (exact) mass is 324 g/mol. The highest BCUT2D eigenvalue weighted by Crippen LogP contribution is 2.20. The van der Waals surface area contributed by atoms with Crippen molar-refractivity contribution in [2.24, 2.45) is 0 Å². The Morgan fingerprint density at radius 3 is 2.04 bits per heavy atom. The number of carbonyl (C=O) groups is 4. The fourth-order valence-electron chi connectivity index (χ4n) is 1.87. The van der Waals surface area contributed by atoms with Gasteiger partial charge in [-0.1, -0.05) is 24.3 Å². The molecule has 0 aromatic heterocycles. The SMILES string of the molecule is O=Cc1ccc(C=CC(=O)Oc2ccc(C=O)cc2C(=O)O)cc1. The van der Waals surface area contributed by atoms with E-state index in [-0.39, 0.29) is 16.9 Å². The Balaban J connectivity index is 2.14. The molecule has 0 aliphatic rings. The molecule has 2 rings (SSSR count). The predicted octanol–water partition coefficient (Wildman–Crippen LogP) is 2.63. The molecule has 2 aromatic rings. The number of carboxylic acids is 1. The van der Waals surface area contributed by atoms with E-state index in [2.05, 4.69) is 0 Å². The van der Waals surface area contributed by atoms with Crippen molar-refractivity contribution < 1.29 is 29.0 Å². The molecule has 0 heterocycles. The van der Waals surface area contributed by atoms with Gasteiger partial charge in [-0.2, -0.15) is 0 Å². The fraction of sp³-hybridized carbons (Fsp3) is 0. The Morgan fingerprint density at radius 1 is 0.875 bits per heavy atom. The van der Waals surface area contributed by atoms with Gasteiger partial charge < -0.3 is 9.84 Å². The Labute approximate surface area is 137 Å². The van der Waals surface area contributed by atoms with Crippen LogP contribution in [0.2, 0.25) is 0 Å². The highest BCUT2D eigenvalue weighted by atomic mass is 16.5. The quantitative estimate of drug-likeness (QED) is 0.380. The van der Waals surface area contributed by atoms with Gasteiger partial charge in [0.15, 0.2) is 0 Å². The first-order chi connectivity index (χ1) is 11.5. The van der Waals surface area contributed by atoms with E-state index in [9.17, 15) is 19.2 Å². The first-order valence-corrected chi connectivity index (χ1v) is 6.81. The number of carboxylic acid groups (broad SMARTS) is 1. The van der Waals surface area contributed by atoms with Gasteiger partial charge in [0.05, 0.1) is 0 Å². The summed E-state index contributed by atoms with van der Waals surface area (Å²) in [7, 11) is 0. The largest absolute Gasteiger partial charge is 0.478 e. The van der Waals surface area contributed by atoms with Gasteiger partial charge in [0.1, 0.15) is 23.9 Å². The topological polar surface area (TPSA) is 97.7 Å². The molecule has 0 radical (unpaired) electrons. The molecular formula is C18H12O6. The van der Waals surface area contributed by atoms with E-state index in [1.54, 1.807) is 24.3 Å². The molecule has 6 heteroatoms. The number of hydrogen-bond donors (Lipinski definition) is 1. The summed E-state index contributed by atoms with van der Waals surface area (Å²) in [5.74, 6) is -2.23. The van der Waals surface area contributed by atoms with Crippen molar-refractivity contribution in [1.82, 2.24) is 0 Å². The van der Waals surface area contributed by atoms with Crippen LogP contribution in [-0.2, 0) is 4.79 Å². The molecule has 24 heavy (non-hydrogen) atoms. The maximum atomic E-state index is 11.8. The summed E-state index contributed by atoms with van der Waals surface area (Å²) in [6.45, 7) is 0. The van der Waals surface area contributed by atoms with E-state index >= 15 is 0 Å². The average Bonchev–Trinajstić information content (AvgIpc) is 2.60. The van der Waals surface area contributed by atoms with Crippen LogP contribution in [-0.4, -0.2) is 29.6 Å². The van der Waals surface area contributed by atoms with Crippen molar-refractivity contribution >= 4 is 30.6 Å². The summed E-state index contributed by atoms with van der Waals surface area (Å²) >= 11 is 0. The third kappa shape index (κ3) is 4.23. The first-order valence-electron chi connectivity index (χ1n) is 6.81. The van der Waals surface area contributed by atoms with Crippen molar-refractivity contribution in [2.45, 2.75) is 0 Å². The lowest BCUT2D eigenvalue weighted by molar-refractivity contribution is -0.128. The van der Waals surface area contributed by atoms with Gasteiger partial charge in [-0.15, -0.1) is 0 Å². The van der Waals surface area contributed by atoms with Gasteiger partial charge in [0.2, 0.25) is 0 Å². The summed E-state index contributed by atoms with van der Waals surface area (Å²) < 4.78 is 4.99. The second-order valence-corrected chi connectivity index (χ2v) is 4.72. The minimum absolute atomic E-state index is 0.154. The number of hydrogen-bond acceptors (Lipinski definition) is 5. The first kappa shape index (κ1) is 16.8. The van der Waals surface area contributed by atoms with Crippen LogP contribution in [0.5, 0.6) is 5.75 Å². The van der Waals surface area contributed by atoms with E-state index in [1.165, 1.54) is 18.2 Å². The third-order valence-corrected chi connectivity index (χ3v) is 3.07. The normalized spacial score (nSPS) is 10.3. The van der Waals surface area contributed by atoms with Crippen molar-refractivity contribution in [3.05, 3.63) is 70.8 Å². The number of aldehydes is 2. The van der Waals surface area contributed by atoms with Gasteiger partial charge in [-0.3, -0.25) is 9.59 Å². The summed E-state index contributed by atoms with van der Waals surface area (Å²) in [4.78, 5) is 44.2. The Bertz CT molecular complexity index is 818. The highest BCUT2D eigenvalue weighted by molar-refractivity contribution is 5.96. The van der Waals surface area contributed by atoms with Crippen molar-refractivity contribution in [2.75, 3.05) is 0 Å². The van der Waals surface area contributed by atoms with Crippen LogP contribution in [0.3, 0.4) is 0 Å². The summed E-state index contributed by atoms with van der Waals surface area (Å²) in [5.41, 5.74) is 1.07. The standard InChI is InChI=1S/C18H12O6/c19-10-13-3-1-12(2-4-13)6-8-17(21)24-16-7-5-14(11-20)9-15(16)18(22)23/h1-11H,(H,22,23). The number of benzene rings is 2. The van der Waals surface area contributed by atoms with Crippen LogP contribution in [0.4, 0.5) is 0 Å². The van der Waals surface area contributed by atoms with E-state index in [0.29, 0.717) is 23.7 Å². The van der Waals surface area contributed by atoms with Gasteiger partial charge in [0, 0.05) is 17.2 Å². The second kappa shape index (κ2) is 7.64. The zero-order valence-corrected chi connectivity index (χ0v) is 12.3. The number of ether oxygens (including phenoxy) is 1. The maximum absolute atomic E-state index is 11.8. The molecule has 6 nitrogen and oxygen atoms in total. The van der Waals surface area contributed by atoms with Crippen LogP contribution in [0, 0.1) is 0 Å². The molecule has 0 fully saturated rings. The second-order valence-electron chi connectivity index (χ2n) is 4.72. The minimum Gasteiger partial charge on any atom is -0.478 e. The lowest BCUT2D eigenvalue weighted by Gasteiger charge is -2.06. The van der Waals surface area contributed by atoms with Gasteiger partial charge >= 0.3 is 11.9 Å². The van der Waals surface area contributed by atoms with Crippen molar-refractivity contribution in [3.63, 3.8) is 0 Å². The molecular weight excluding hydrogens is 312 g/mol. The van der Waals surface area contributed by atoms with Crippen LogP contribution in [0.1, 0.15) is 36.6 Å². The molecule has 0 bridgehead atoms. The Hall–Kier alpha value is -3.54. The average molecular weight is 324 g/mol. The molecule has 0 aliphatic heterocycles. The molecule has 1 N–H and O–H groups in total. The molecule has 0 spiro atoms. The minimum atomic E-state index is -1.31. The highest BCUT2D eigenvalue weighted by Gasteiger charge is 2.14. The summed E-state index contributed by atoms with van der Waals surface area (Å²) in [6, 6.07) is 10.2. The third-order valence-electron chi connectivity index (χ3n) is 3.07. The molecule has 2 aromatic carbocycles.